The summed E-state index contributed by atoms with van der Waals surface area (Å²) in [7, 11) is 1.61. The van der Waals surface area contributed by atoms with Gasteiger partial charge in [-0.3, -0.25) is 0 Å². The van der Waals surface area contributed by atoms with Gasteiger partial charge < -0.3 is 14.0 Å². The fraction of sp³-hybridized carbons (Fsp3) is 0.600. The van der Waals surface area contributed by atoms with Gasteiger partial charge in [0.2, 0.25) is 5.88 Å². The van der Waals surface area contributed by atoms with Crippen LogP contribution in [0.5, 0.6) is 5.88 Å². The maximum absolute atomic E-state index is 6.24. The maximum atomic E-state index is 6.24. The summed E-state index contributed by atoms with van der Waals surface area (Å²) >= 11 is 6.24. The molecule has 0 aromatic carbocycles. The summed E-state index contributed by atoms with van der Waals surface area (Å²) < 4.78 is 12.9. The Balaban J connectivity index is 1.82. The zero-order chi connectivity index (χ0) is 14.8. The molecule has 1 fully saturated rings. The number of hydrogen-bond acceptors (Lipinski definition) is 4. The van der Waals surface area contributed by atoms with E-state index in [1.807, 2.05) is 23.6 Å². The number of aromatic nitrogens is 3. The van der Waals surface area contributed by atoms with E-state index in [2.05, 4.69) is 9.97 Å². The molecule has 6 heteroatoms. The van der Waals surface area contributed by atoms with Gasteiger partial charge in [-0.05, 0) is 31.7 Å². The summed E-state index contributed by atoms with van der Waals surface area (Å²) in [6, 6.07) is 3.72. The molecule has 2 heterocycles. The van der Waals surface area contributed by atoms with Gasteiger partial charge in [-0.25, -0.2) is 4.98 Å². The van der Waals surface area contributed by atoms with E-state index in [4.69, 9.17) is 21.1 Å². The number of fused-ring (bicyclic) bond motifs is 1. The SMILES string of the molecule is COc1ccc2nc(C(C)Cl)n(CCOCC3CC3)c2n1. The minimum atomic E-state index is -0.173. The molecule has 1 saturated carbocycles. The molecule has 5 nitrogen and oxygen atoms in total. The van der Waals surface area contributed by atoms with E-state index in [9.17, 15) is 0 Å². The van der Waals surface area contributed by atoms with E-state index in [1.165, 1.54) is 12.8 Å². The van der Waals surface area contributed by atoms with Crippen molar-refractivity contribution in [3.63, 3.8) is 0 Å². The minimum absolute atomic E-state index is 0.173. The minimum Gasteiger partial charge on any atom is -0.481 e. The molecule has 114 valence electrons. The molecule has 3 rings (SSSR count). The Bertz CT molecular complexity index is 623. The number of methoxy groups -OCH3 is 1. The molecule has 2 aromatic rings. The number of imidazole rings is 1. The first-order valence-corrected chi connectivity index (χ1v) is 7.75. The topological polar surface area (TPSA) is 49.2 Å². The fourth-order valence-electron chi connectivity index (χ4n) is 2.33. The van der Waals surface area contributed by atoms with Crippen molar-refractivity contribution in [1.29, 1.82) is 0 Å². The molecule has 1 atom stereocenters. The zero-order valence-corrected chi connectivity index (χ0v) is 13.1. The van der Waals surface area contributed by atoms with E-state index in [1.54, 1.807) is 7.11 Å². The molecule has 0 amide bonds. The van der Waals surface area contributed by atoms with Crippen molar-refractivity contribution in [3.05, 3.63) is 18.0 Å². The largest absolute Gasteiger partial charge is 0.481 e. The third kappa shape index (κ3) is 3.30. The highest BCUT2D eigenvalue weighted by molar-refractivity contribution is 6.20. The van der Waals surface area contributed by atoms with Crippen molar-refractivity contribution in [2.24, 2.45) is 5.92 Å². The number of pyridine rings is 1. The van der Waals surface area contributed by atoms with Gasteiger partial charge in [-0.2, -0.15) is 4.98 Å². The van der Waals surface area contributed by atoms with Crippen LogP contribution < -0.4 is 4.74 Å². The molecule has 0 spiro atoms. The lowest BCUT2D eigenvalue weighted by Crippen LogP contribution is -2.11. The molecule has 1 aliphatic rings. The van der Waals surface area contributed by atoms with Crippen LogP contribution in [-0.2, 0) is 11.3 Å². The van der Waals surface area contributed by atoms with Crippen LogP contribution in [0.4, 0.5) is 0 Å². The van der Waals surface area contributed by atoms with Gasteiger partial charge in [0.05, 0.1) is 19.1 Å². The van der Waals surface area contributed by atoms with Crippen LogP contribution in [0, 0.1) is 5.92 Å². The quantitative estimate of drug-likeness (QED) is 0.582. The number of alkyl halides is 1. The number of rotatable bonds is 7. The van der Waals surface area contributed by atoms with Gasteiger partial charge in [0.15, 0.2) is 5.65 Å². The standard InChI is InChI=1S/C15H20ClN3O2/c1-10(16)14-17-12-5-6-13(20-2)18-15(12)19(14)7-8-21-9-11-3-4-11/h5-6,10-11H,3-4,7-9H2,1-2H3. The van der Waals surface area contributed by atoms with Gasteiger partial charge in [0.25, 0.3) is 0 Å². The number of ether oxygens (including phenoxy) is 2. The molecule has 0 radical (unpaired) electrons. The van der Waals surface area contributed by atoms with Crippen molar-refractivity contribution in [3.8, 4) is 5.88 Å². The summed E-state index contributed by atoms with van der Waals surface area (Å²) in [6.45, 7) is 4.13. The van der Waals surface area contributed by atoms with Crippen LogP contribution in [0.1, 0.15) is 31.0 Å². The number of nitrogens with zero attached hydrogens (tertiary/aromatic N) is 3. The Labute approximate surface area is 129 Å². The average molecular weight is 310 g/mol. The Hall–Kier alpha value is -1.33. The Morgan fingerprint density at radius 2 is 2.19 bits per heavy atom. The van der Waals surface area contributed by atoms with Crippen molar-refractivity contribution in [1.82, 2.24) is 14.5 Å². The van der Waals surface area contributed by atoms with Gasteiger partial charge in [0.1, 0.15) is 11.3 Å². The van der Waals surface area contributed by atoms with E-state index < -0.39 is 0 Å². The van der Waals surface area contributed by atoms with Crippen LogP contribution in [-0.4, -0.2) is 34.9 Å². The highest BCUT2D eigenvalue weighted by Crippen LogP contribution is 2.29. The van der Waals surface area contributed by atoms with Gasteiger partial charge in [0, 0.05) is 19.2 Å². The lowest BCUT2D eigenvalue weighted by molar-refractivity contribution is 0.117. The van der Waals surface area contributed by atoms with Crippen molar-refractivity contribution in [2.75, 3.05) is 20.3 Å². The van der Waals surface area contributed by atoms with Crippen molar-refractivity contribution < 1.29 is 9.47 Å². The third-order valence-corrected chi connectivity index (χ3v) is 3.87. The zero-order valence-electron chi connectivity index (χ0n) is 12.4. The lowest BCUT2D eigenvalue weighted by Gasteiger charge is -2.10. The van der Waals surface area contributed by atoms with Gasteiger partial charge in [-0.15, -0.1) is 11.6 Å². The summed E-state index contributed by atoms with van der Waals surface area (Å²) in [6.07, 6.45) is 2.60. The first-order chi connectivity index (χ1) is 10.2. The molecule has 0 bridgehead atoms. The predicted octanol–water partition coefficient (Wildman–Crippen LogP) is 3.17. The molecular formula is C15H20ClN3O2. The lowest BCUT2D eigenvalue weighted by atomic mass is 10.4. The highest BCUT2D eigenvalue weighted by Gasteiger charge is 2.21. The third-order valence-electron chi connectivity index (χ3n) is 3.67. The van der Waals surface area contributed by atoms with E-state index >= 15 is 0 Å². The van der Waals surface area contributed by atoms with Gasteiger partial charge >= 0.3 is 0 Å². The Morgan fingerprint density at radius 1 is 1.38 bits per heavy atom. The highest BCUT2D eigenvalue weighted by atomic mass is 35.5. The Kier molecular flexibility index (Phi) is 4.31. The average Bonchev–Trinajstić information content (AvgIpc) is 3.23. The molecular weight excluding hydrogens is 290 g/mol. The van der Waals surface area contributed by atoms with Crippen LogP contribution in [0.25, 0.3) is 11.2 Å². The number of hydrogen-bond donors (Lipinski definition) is 0. The second-order valence-electron chi connectivity index (χ2n) is 5.45. The van der Waals surface area contributed by atoms with Crippen LogP contribution in [0.15, 0.2) is 12.1 Å². The van der Waals surface area contributed by atoms with Crippen molar-refractivity contribution in [2.45, 2.75) is 31.7 Å². The van der Waals surface area contributed by atoms with Crippen LogP contribution in [0.2, 0.25) is 0 Å². The molecule has 0 aliphatic heterocycles. The Morgan fingerprint density at radius 3 is 2.86 bits per heavy atom. The fourth-order valence-corrected chi connectivity index (χ4v) is 2.50. The second kappa shape index (κ2) is 6.20. The van der Waals surface area contributed by atoms with Crippen LogP contribution in [0.3, 0.4) is 0 Å². The first-order valence-electron chi connectivity index (χ1n) is 7.32. The van der Waals surface area contributed by atoms with E-state index in [0.717, 1.165) is 29.5 Å². The monoisotopic (exact) mass is 309 g/mol. The summed E-state index contributed by atoms with van der Waals surface area (Å²) in [5.74, 6) is 2.17. The molecule has 21 heavy (non-hydrogen) atoms. The van der Waals surface area contributed by atoms with Gasteiger partial charge in [-0.1, -0.05) is 0 Å². The maximum Gasteiger partial charge on any atom is 0.215 e. The molecule has 0 N–H and O–H groups in total. The molecule has 1 unspecified atom stereocenters. The second-order valence-corrected chi connectivity index (χ2v) is 6.11. The first kappa shape index (κ1) is 14.6. The van der Waals surface area contributed by atoms with Crippen molar-refractivity contribution >= 4 is 22.8 Å². The smallest absolute Gasteiger partial charge is 0.215 e. The summed E-state index contributed by atoms with van der Waals surface area (Å²) in [5, 5.41) is -0.173. The van der Waals surface area contributed by atoms with Crippen LogP contribution >= 0.6 is 11.6 Å². The van der Waals surface area contributed by atoms with E-state index in [0.29, 0.717) is 19.0 Å². The molecule has 2 aromatic heterocycles. The normalized spacial score (nSPS) is 16.3. The molecule has 1 aliphatic carbocycles. The number of halogens is 1. The van der Waals surface area contributed by atoms with E-state index in [-0.39, 0.29) is 5.38 Å². The summed E-state index contributed by atoms with van der Waals surface area (Å²) in [5.41, 5.74) is 1.63. The predicted molar refractivity (Wildman–Crippen MR) is 81.9 cm³/mol. The molecule has 0 saturated heterocycles. The summed E-state index contributed by atoms with van der Waals surface area (Å²) in [4.78, 5) is 9.06.